The molecule has 1 atom stereocenters. The van der Waals surface area contributed by atoms with Crippen molar-refractivity contribution in [2.75, 3.05) is 0 Å². The van der Waals surface area contributed by atoms with Crippen LogP contribution >= 0.6 is 0 Å². The molecule has 0 amide bonds. The molecule has 0 aromatic rings. The Hall–Kier alpha value is -0.485. The van der Waals surface area contributed by atoms with E-state index in [2.05, 4.69) is 32.2 Å². The summed E-state index contributed by atoms with van der Waals surface area (Å²) in [5.74, 6) is 0.0116. The van der Waals surface area contributed by atoms with Crippen molar-refractivity contribution < 1.29 is 0 Å². The zero-order valence-corrected chi connectivity index (χ0v) is 7.31. The quantitative estimate of drug-likeness (QED) is 0.292. The molecular weight excluding hydrogens is 121 g/mol. The lowest BCUT2D eigenvalue weighted by Crippen LogP contribution is -2.26. The molecule has 0 spiro atoms. The van der Waals surface area contributed by atoms with Gasteiger partial charge < -0.3 is 0 Å². The Kier molecular flexibility index (Phi) is 2.92. The second-order valence-electron chi connectivity index (χ2n) is 3.58. The number of hydrogen-bond donors (Lipinski definition) is 0. The van der Waals surface area contributed by atoms with E-state index in [1.54, 1.807) is 0 Å². The first-order chi connectivity index (χ1) is 4.39. The second kappa shape index (κ2) is 3.07. The summed E-state index contributed by atoms with van der Waals surface area (Å²) in [6.45, 7) is 11.7. The Morgan fingerprint density at radius 2 is 1.90 bits per heavy atom. The van der Waals surface area contributed by atoms with Crippen molar-refractivity contribution in [1.82, 2.24) is 4.67 Å². The van der Waals surface area contributed by atoms with Crippen LogP contribution in [0.3, 0.4) is 0 Å². The van der Waals surface area contributed by atoms with Crippen LogP contribution in [0.2, 0.25) is 5.82 Å². The summed E-state index contributed by atoms with van der Waals surface area (Å²) in [4.78, 5) is 0. The molecule has 1 nitrogen and oxygen atoms in total. The maximum Gasteiger partial charge on any atom is 0.279 e. The predicted octanol–water partition coefficient (Wildman–Crippen LogP) is 1.22. The Balaban J connectivity index is 4.57. The molecule has 0 aliphatic carbocycles. The lowest BCUT2D eigenvalue weighted by Gasteiger charge is -2.13. The van der Waals surface area contributed by atoms with Crippen molar-refractivity contribution in [1.29, 1.82) is 0 Å². The van der Waals surface area contributed by atoms with E-state index in [1.165, 1.54) is 0 Å². The Labute approximate surface area is 64.7 Å². The van der Waals surface area contributed by atoms with E-state index in [-0.39, 0.29) is 11.2 Å². The molecule has 0 rings (SSSR count). The van der Waals surface area contributed by atoms with E-state index >= 15 is 0 Å². The van der Waals surface area contributed by atoms with E-state index in [0.29, 0.717) is 0 Å². The summed E-state index contributed by atoms with van der Waals surface area (Å²) < 4.78 is 3.90. The highest BCUT2D eigenvalue weighted by molar-refractivity contribution is 6.25. The van der Waals surface area contributed by atoms with Crippen molar-refractivity contribution in [2.45, 2.75) is 33.5 Å². The molecule has 0 aromatic carbocycles. The normalized spacial score (nSPS) is 14.0. The zero-order chi connectivity index (χ0) is 8.36. The van der Waals surface area contributed by atoms with Crippen LogP contribution in [0.25, 0.3) is 0 Å². The Morgan fingerprint density at radius 3 is 1.90 bits per heavy atom. The van der Waals surface area contributed by atoms with Crippen LogP contribution in [0.1, 0.15) is 27.7 Å². The van der Waals surface area contributed by atoms with Gasteiger partial charge in [-0.25, -0.2) is 0 Å². The van der Waals surface area contributed by atoms with Gasteiger partial charge in [0.05, 0.1) is 13.3 Å². The SMILES string of the molecule is [B]C(C)C(=[N+]=C)C(C)(C)C. The molecule has 1 unspecified atom stereocenters. The fraction of sp³-hybridized carbons (Fsp3) is 0.750. The average molecular weight is 136 g/mol. The van der Waals surface area contributed by atoms with Gasteiger partial charge in [0.2, 0.25) is 0 Å². The highest BCUT2D eigenvalue weighted by Gasteiger charge is 2.29. The minimum atomic E-state index is 0.0116. The third kappa shape index (κ3) is 2.41. The van der Waals surface area contributed by atoms with Gasteiger partial charge in [0.1, 0.15) is 0 Å². The molecule has 0 fully saturated rings. The van der Waals surface area contributed by atoms with Crippen LogP contribution in [-0.4, -0.2) is 20.3 Å². The van der Waals surface area contributed by atoms with Crippen LogP contribution < -0.4 is 4.67 Å². The van der Waals surface area contributed by atoms with E-state index in [4.69, 9.17) is 7.85 Å². The van der Waals surface area contributed by atoms with E-state index in [0.717, 1.165) is 5.71 Å². The van der Waals surface area contributed by atoms with E-state index in [1.807, 2.05) is 6.92 Å². The summed E-state index contributed by atoms with van der Waals surface area (Å²) >= 11 is 0. The molecule has 0 N–H and O–H groups in total. The van der Waals surface area contributed by atoms with Crippen LogP contribution in [0, 0.1) is 5.41 Å². The lowest BCUT2D eigenvalue weighted by molar-refractivity contribution is 0.579. The molecule has 2 radical (unpaired) electrons. The minimum Gasteiger partial charge on any atom is -0.111 e. The van der Waals surface area contributed by atoms with Gasteiger partial charge in [-0.2, -0.15) is 0 Å². The van der Waals surface area contributed by atoms with Crippen LogP contribution in [-0.2, 0) is 0 Å². The molecule has 2 heteroatoms. The molecule has 10 heavy (non-hydrogen) atoms. The van der Waals surface area contributed by atoms with Crippen molar-refractivity contribution >= 4 is 20.3 Å². The standard InChI is InChI=1S/C8H15BN/c1-6(9)7(10-5)8(2,3)4/h6H,5H2,1-4H3/q+1. The van der Waals surface area contributed by atoms with Gasteiger partial charge in [0, 0.05) is 5.82 Å². The monoisotopic (exact) mass is 136 g/mol. The largest absolute Gasteiger partial charge is 0.279 e. The van der Waals surface area contributed by atoms with Crippen molar-refractivity contribution in [2.24, 2.45) is 5.41 Å². The van der Waals surface area contributed by atoms with Crippen LogP contribution in [0.5, 0.6) is 0 Å². The fourth-order valence-corrected chi connectivity index (χ4v) is 1.06. The van der Waals surface area contributed by atoms with Gasteiger partial charge in [-0.3, -0.25) is 0 Å². The summed E-state index contributed by atoms with van der Waals surface area (Å²) in [6.07, 6.45) is 0. The van der Waals surface area contributed by atoms with Gasteiger partial charge in [-0.05, 0) is 20.8 Å². The third-order valence-corrected chi connectivity index (χ3v) is 1.37. The van der Waals surface area contributed by atoms with E-state index in [9.17, 15) is 0 Å². The average Bonchev–Trinajstić information content (AvgIpc) is 1.60. The molecule has 0 bridgehead atoms. The van der Waals surface area contributed by atoms with Gasteiger partial charge in [-0.15, -0.1) is 4.67 Å². The van der Waals surface area contributed by atoms with Gasteiger partial charge in [-0.1, -0.05) is 6.92 Å². The molecule has 0 aromatic heterocycles. The van der Waals surface area contributed by atoms with Gasteiger partial charge in [0.15, 0.2) is 0 Å². The minimum absolute atomic E-state index is 0.0116. The van der Waals surface area contributed by atoms with Gasteiger partial charge in [0.25, 0.3) is 12.4 Å². The first-order valence-corrected chi connectivity index (χ1v) is 3.49. The summed E-state index contributed by atoms with van der Waals surface area (Å²) in [6, 6.07) is 0. The topological polar surface area (TPSA) is 14.1 Å². The molecule has 0 aliphatic rings. The van der Waals surface area contributed by atoms with E-state index < -0.39 is 0 Å². The summed E-state index contributed by atoms with van der Waals surface area (Å²) in [5.41, 5.74) is 1.02. The number of rotatable bonds is 1. The first-order valence-electron chi connectivity index (χ1n) is 3.49. The predicted molar refractivity (Wildman–Crippen MR) is 48.9 cm³/mol. The molecular formula is C8H15BN+. The highest BCUT2D eigenvalue weighted by atomic mass is 14.6. The smallest absolute Gasteiger partial charge is 0.111 e. The molecule has 0 saturated heterocycles. The fourth-order valence-electron chi connectivity index (χ4n) is 1.06. The molecule has 0 aliphatic heterocycles. The lowest BCUT2D eigenvalue weighted by atomic mass is 9.74. The van der Waals surface area contributed by atoms with Crippen molar-refractivity contribution in [3.63, 3.8) is 0 Å². The molecule has 0 heterocycles. The highest BCUT2D eigenvalue weighted by Crippen LogP contribution is 2.20. The third-order valence-electron chi connectivity index (χ3n) is 1.37. The molecule has 54 valence electrons. The summed E-state index contributed by atoms with van der Waals surface area (Å²) in [5, 5.41) is 0. The van der Waals surface area contributed by atoms with Crippen molar-refractivity contribution in [3.8, 4) is 0 Å². The summed E-state index contributed by atoms with van der Waals surface area (Å²) in [7, 11) is 5.66. The van der Waals surface area contributed by atoms with Gasteiger partial charge >= 0.3 is 0 Å². The maximum absolute atomic E-state index is 5.66. The number of hydrogen-bond acceptors (Lipinski definition) is 0. The Morgan fingerprint density at radius 1 is 1.50 bits per heavy atom. The first kappa shape index (κ1) is 9.51. The molecule has 0 saturated carbocycles. The van der Waals surface area contributed by atoms with Crippen LogP contribution in [0.4, 0.5) is 0 Å². The van der Waals surface area contributed by atoms with Crippen molar-refractivity contribution in [3.05, 3.63) is 0 Å². The number of nitrogens with zero attached hydrogens (tertiary/aromatic N) is 1. The second-order valence-corrected chi connectivity index (χ2v) is 3.58. The zero-order valence-electron chi connectivity index (χ0n) is 7.31. The maximum atomic E-state index is 5.66. The Bertz CT molecular complexity index is 159. The van der Waals surface area contributed by atoms with Crippen LogP contribution in [0.15, 0.2) is 0 Å².